The molecular weight excluding hydrogens is 521 g/mol. The Morgan fingerprint density at radius 1 is 0.923 bits per heavy atom. The van der Waals surface area contributed by atoms with E-state index in [1.54, 1.807) is 67.8 Å². The molecule has 3 amide bonds. The van der Waals surface area contributed by atoms with Gasteiger partial charge in [-0.15, -0.1) is 0 Å². The van der Waals surface area contributed by atoms with E-state index < -0.39 is 17.6 Å². The summed E-state index contributed by atoms with van der Waals surface area (Å²) in [5.74, 6) is -0.596. The maximum atomic E-state index is 13.4. The number of anilines is 2. The summed E-state index contributed by atoms with van der Waals surface area (Å²) in [6.45, 7) is -0.00310. The molecule has 0 spiro atoms. The first-order chi connectivity index (χ1) is 18.9. The molecule has 0 saturated carbocycles. The predicted molar refractivity (Wildman–Crippen MR) is 145 cm³/mol. The summed E-state index contributed by atoms with van der Waals surface area (Å²) in [7, 11) is 1.56. The van der Waals surface area contributed by atoms with Gasteiger partial charge in [-0.05, 0) is 84.9 Å². The number of imide groups is 1. The molecule has 5 rings (SSSR count). The third-order valence-electron chi connectivity index (χ3n) is 5.82. The summed E-state index contributed by atoms with van der Waals surface area (Å²) in [6.07, 6.45) is 1.48. The smallest absolute Gasteiger partial charge is 0.278 e. The number of hydrogen-bond donors (Lipinski definition) is 2. The monoisotopic (exact) mass is 543 g/mol. The van der Waals surface area contributed by atoms with Gasteiger partial charge >= 0.3 is 0 Å². The minimum atomic E-state index is -0.474. The van der Waals surface area contributed by atoms with Gasteiger partial charge < -0.3 is 19.8 Å². The van der Waals surface area contributed by atoms with Crippen LogP contribution in [-0.2, 0) is 16.1 Å². The van der Waals surface area contributed by atoms with Crippen LogP contribution in [0.3, 0.4) is 0 Å². The quantitative estimate of drug-likeness (QED) is 0.263. The van der Waals surface area contributed by atoms with Crippen molar-refractivity contribution in [3.05, 3.63) is 119 Å². The standard InChI is InChI=1S/C29H22FN3O5S/c1-37-22-12-8-20(9-13-22)31-25-26(29(36)33(28(25)35)17-23-3-2-16-38-23)39-24-14-10-21(11-15-24)32-27(34)18-4-6-19(30)7-5-18/h2-16,31H,17H2,1H3,(H,32,34). The lowest BCUT2D eigenvalue weighted by molar-refractivity contribution is -0.138. The average Bonchev–Trinajstić information content (AvgIpc) is 3.54. The van der Waals surface area contributed by atoms with Crippen LogP contribution in [0.15, 0.2) is 111 Å². The van der Waals surface area contributed by atoms with Gasteiger partial charge in [0.1, 0.15) is 27.9 Å². The zero-order valence-corrected chi connectivity index (χ0v) is 21.5. The Hall–Kier alpha value is -4.83. The lowest BCUT2D eigenvalue weighted by Crippen LogP contribution is -2.31. The molecule has 10 heteroatoms. The van der Waals surface area contributed by atoms with Gasteiger partial charge in [0.15, 0.2) is 0 Å². The largest absolute Gasteiger partial charge is 0.497 e. The first-order valence-electron chi connectivity index (χ1n) is 11.8. The van der Waals surface area contributed by atoms with Gasteiger partial charge in [0.2, 0.25) is 0 Å². The molecule has 2 N–H and O–H groups in total. The molecule has 1 aliphatic rings. The highest BCUT2D eigenvalue weighted by Crippen LogP contribution is 2.37. The van der Waals surface area contributed by atoms with Crippen molar-refractivity contribution in [3.8, 4) is 5.75 Å². The highest BCUT2D eigenvalue weighted by Gasteiger charge is 2.39. The number of rotatable bonds is 9. The number of thioether (sulfide) groups is 1. The SMILES string of the molecule is COc1ccc(NC2=C(Sc3ccc(NC(=O)c4ccc(F)cc4)cc3)C(=O)N(Cc3ccco3)C2=O)cc1. The fourth-order valence-electron chi connectivity index (χ4n) is 3.81. The molecule has 0 radical (unpaired) electrons. The molecular formula is C29H22FN3O5S. The van der Waals surface area contributed by atoms with Crippen LogP contribution >= 0.6 is 11.8 Å². The van der Waals surface area contributed by atoms with E-state index in [1.807, 2.05) is 0 Å². The molecule has 0 aliphatic carbocycles. The van der Waals surface area contributed by atoms with Gasteiger partial charge in [-0.3, -0.25) is 19.3 Å². The molecule has 1 aliphatic heterocycles. The van der Waals surface area contributed by atoms with Crippen LogP contribution in [0.5, 0.6) is 5.75 Å². The first-order valence-corrected chi connectivity index (χ1v) is 12.6. The van der Waals surface area contributed by atoms with Gasteiger partial charge in [-0.1, -0.05) is 11.8 Å². The van der Waals surface area contributed by atoms with Crippen molar-refractivity contribution in [1.82, 2.24) is 4.90 Å². The zero-order valence-electron chi connectivity index (χ0n) is 20.6. The van der Waals surface area contributed by atoms with E-state index in [2.05, 4.69) is 10.6 Å². The van der Waals surface area contributed by atoms with Crippen LogP contribution in [0.25, 0.3) is 0 Å². The van der Waals surface area contributed by atoms with E-state index in [0.29, 0.717) is 33.3 Å². The van der Waals surface area contributed by atoms with Crippen LogP contribution in [-0.4, -0.2) is 29.7 Å². The number of nitrogens with one attached hydrogen (secondary N) is 2. The number of ether oxygens (including phenoxy) is 1. The Labute approximate surface area is 227 Å². The van der Waals surface area contributed by atoms with Gasteiger partial charge in [-0.25, -0.2) is 4.39 Å². The van der Waals surface area contributed by atoms with Gasteiger partial charge in [-0.2, -0.15) is 0 Å². The lowest BCUT2D eigenvalue weighted by Gasteiger charge is -2.13. The highest BCUT2D eigenvalue weighted by molar-refractivity contribution is 8.04. The van der Waals surface area contributed by atoms with E-state index >= 15 is 0 Å². The summed E-state index contributed by atoms with van der Waals surface area (Å²) in [6, 6.07) is 22.4. The molecule has 0 atom stereocenters. The maximum absolute atomic E-state index is 13.4. The summed E-state index contributed by atoms with van der Waals surface area (Å²) in [5.41, 5.74) is 1.60. The molecule has 196 valence electrons. The van der Waals surface area contributed by atoms with Crippen LogP contribution in [0.1, 0.15) is 16.1 Å². The molecule has 8 nitrogen and oxygen atoms in total. The van der Waals surface area contributed by atoms with Crippen molar-refractivity contribution in [3.63, 3.8) is 0 Å². The van der Waals surface area contributed by atoms with Crippen molar-refractivity contribution in [2.45, 2.75) is 11.4 Å². The third-order valence-corrected chi connectivity index (χ3v) is 6.91. The third kappa shape index (κ3) is 5.86. The van der Waals surface area contributed by atoms with E-state index in [9.17, 15) is 18.8 Å². The number of halogens is 1. The molecule has 3 aromatic carbocycles. The molecule has 1 aromatic heterocycles. The van der Waals surface area contributed by atoms with E-state index in [-0.39, 0.29) is 23.1 Å². The second-order valence-corrected chi connectivity index (χ2v) is 9.50. The van der Waals surface area contributed by atoms with E-state index in [1.165, 1.54) is 30.5 Å². The summed E-state index contributed by atoms with van der Waals surface area (Å²) < 4.78 is 23.7. The zero-order chi connectivity index (χ0) is 27.4. The molecule has 39 heavy (non-hydrogen) atoms. The topological polar surface area (TPSA) is 101 Å². The number of methoxy groups -OCH3 is 1. The number of benzene rings is 3. The Morgan fingerprint density at radius 2 is 1.62 bits per heavy atom. The molecule has 0 unspecified atom stereocenters. The van der Waals surface area contributed by atoms with Crippen molar-refractivity contribution < 1.29 is 27.9 Å². The Kier molecular flexibility index (Phi) is 7.46. The number of hydrogen-bond acceptors (Lipinski definition) is 7. The minimum Gasteiger partial charge on any atom is -0.497 e. The summed E-state index contributed by atoms with van der Waals surface area (Å²) >= 11 is 1.14. The van der Waals surface area contributed by atoms with Crippen molar-refractivity contribution in [1.29, 1.82) is 0 Å². The Morgan fingerprint density at radius 3 is 2.26 bits per heavy atom. The van der Waals surface area contributed by atoms with Crippen molar-refractivity contribution in [2.75, 3.05) is 17.7 Å². The number of carbonyl (C=O) groups is 3. The van der Waals surface area contributed by atoms with E-state index in [4.69, 9.17) is 9.15 Å². The molecule has 2 heterocycles. The number of nitrogens with zero attached hydrogens (tertiary/aromatic N) is 1. The predicted octanol–water partition coefficient (Wildman–Crippen LogP) is 5.66. The summed E-state index contributed by atoms with van der Waals surface area (Å²) in [4.78, 5) is 41.2. The maximum Gasteiger partial charge on any atom is 0.278 e. The molecule has 0 fully saturated rings. The van der Waals surface area contributed by atoms with Crippen LogP contribution in [0, 0.1) is 5.82 Å². The Balaban J connectivity index is 1.36. The average molecular weight is 544 g/mol. The highest BCUT2D eigenvalue weighted by atomic mass is 32.2. The lowest BCUT2D eigenvalue weighted by atomic mass is 10.2. The number of amides is 3. The number of furan rings is 1. The number of carbonyl (C=O) groups excluding carboxylic acids is 3. The van der Waals surface area contributed by atoms with Gasteiger partial charge in [0, 0.05) is 21.8 Å². The summed E-state index contributed by atoms with van der Waals surface area (Å²) in [5, 5.41) is 5.84. The normalized spacial score (nSPS) is 13.1. The van der Waals surface area contributed by atoms with Crippen LogP contribution in [0.4, 0.5) is 15.8 Å². The minimum absolute atomic E-state index is 0.00310. The second kappa shape index (κ2) is 11.3. The van der Waals surface area contributed by atoms with Crippen LogP contribution in [0.2, 0.25) is 0 Å². The van der Waals surface area contributed by atoms with E-state index in [0.717, 1.165) is 16.7 Å². The molecule has 0 bridgehead atoms. The fraction of sp³-hybridized carbons (Fsp3) is 0.0690. The first kappa shape index (κ1) is 25.8. The van der Waals surface area contributed by atoms with Gasteiger partial charge in [0.05, 0.1) is 19.9 Å². The fourth-order valence-corrected chi connectivity index (χ4v) is 4.75. The molecule has 4 aromatic rings. The Bertz CT molecular complexity index is 1530. The molecule has 0 saturated heterocycles. The second-order valence-electron chi connectivity index (χ2n) is 8.42. The van der Waals surface area contributed by atoms with Crippen molar-refractivity contribution in [2.24, 2.45) is 0 Å². The van der Waals surface area contributed by atoms with Crippen LogP contribution < -0.4 is 15.4 Å². The van der Waals surface area contributed by atoms with Gasteiger partial charge in [0.25, 0.3) is 17.7 Å². The van der Waals surface area contributed by atoms with Crippen molar-refractivity contribution >= 4 is 40.9 Å².